The first-order valence-electron chi connectivity index (χ1n) is 11.6. The maximum absolute atomic E-state index is 12.7. The number of aliphatic hydroxyl groups is 1. The van der Waals surface area contributed by atoms with Gasteiger partial charge in [0, 0.05) is 40.7 Å². The van der Waals surface area contributed by atoms with E-state index >= 15 is 0 Å². The molecular formula is C26H32N4O4S. The van der Waals surface area contributed by atoms with Gasteiger partial charge < -0.3 is 25.3 Å². The van der Waals surface area contributed by atoms with E-state index < -0.39 is 0 Å². The maximum Gasteiger partial charge on any atom is 0.252 e. The van der Waals surface area contributed by atoms with Crippen molar-refractivity contribution in [3.8, 4) is 17.2 Å². The average molecular weight is 497 g/mol. The van der Waals surface area contributed by atoms with Gasteiger partial charge in [0.05, 0.1) is 12.2 Å². The van der Waals surface area contributed by atoms with Gasteiger partial charge in [-0.1, -0.05) is 31.6 Å². The molecular weight excluding hydrogens is 464 g/mol. The molecule has 186 valence electrons. The predicted octanol–water partition coefficient (Wildman–Crippen LogP) is 4.61. The van der Waals surface area contributed by atoms with Gasteiger partial charge in [-0.15, -0.1) is 21.5 Å². The summed E-state index contributed by atoms with van der Waals surface area (Å²) in [5, 5.41) is 21.8. The number of carbonyl (C=O) groups is 1. The molecule has 3 rings (SSSR count). The molecule has 3 aromatic rings. The molecule has 0 unspecified atom stereocenters. The summed E-state index contributed by atoms with van der Waals surface area (Å²) in [6, 6.07) is 5.74. The molecule has 35 heavy (non-hydrogen) atoms. The molecule has 1 amide bonds. The van der Waals surface area contributed by atoms with E-state index in [9.17, 15) is 4.79 Å². The molecule has 1 aromatic carbocycles. The summed E-state index contributed by atoms with van der Waals surface area (Å²) in [4.78, 5) is 13.5. The van der Waals surface area contributed by atoms with Gasteiger partial charge in [0.2, 0.25) is 11.8 Å². The Morgan fingerprint density at radius 1 is 1.31 bits per heavy atom. The highest BCUT2D eigenvalue weighted by Gasteiger charge is 2.22. The number of rotatable bonds is 11. The molecule has 0 spiro atoms. The lowest BCUT2D eigenvalue weighted by atomic mass is 10.0. The SMILES string of the molecule is C/C=C(/C(=O)NCCO)c1scc(COc2cc(-c3nnc(C)o3)ccc2C)c1/C(N)=C/CCC. The Morgan fingerprint density at radius 3 is 2.77 bits per heavy atom. The van der Waals surface area contributed by atoms with Crippen molar-refractivity contribution < 1.29 is 19.1 Å². The Kier molecular flexibility index (Phi) is 9.22. The maximum atomic E-state index is 12.7. The Morgan fingerprint density at radius 2 is 2.11 bits per heavy atom. The first-order chi connectivity index (χ1) is 16.9. The molecule has 8 nitrogen and oxygen atoms in total. The number of aliphatic hydroxyl groups excluding tert-OH is 1. The molecule has 0 fully saturated rings. The van der Waals surface area contributed by atoms with Crippen LogP contribution in [0.1, 0.15) is 54.1 Å². The van der Waals surface area contributed by atoms with Gasteiger partial charge in [0.25, 0.3) is 5.91 Å². The zero-order chi connectivity index (χ0) is 25.4. The summed E-state index contributed by atoms with van der Waals surface area (Å²) in [6.07, 6.45) is 5.53. The summed E-state index contributed by atoms with van der Waals surface area (Å²) in [5.74, 6) is 1.37. The van der Waals surface area contributed by atoms with Crippen molar-refractivity contribution in [2.45, 2.75) is 47.1 Å². The van der Waals surface area contributed by atoms with Gasteiger partial charge in [-0.25, -0.2) is 0 Å². The molecule has 0 bridgehead atoms. The van der Waals surface area contributed by atoms with Crippen LogP contribution in [-0.2, 0) is 11.4 Å². The van der Waals surface area contributed by atoms with Crippen molar-refractivity contribution in [2.75, 3.05) is 13.2 Å². The highest BCUT2D eigenvalue weighted by atomic mass is 32.1. The number of nitrogens with one attached hydrogen (secondary N) is 1. The zero-order valence-electron chi connectivity index (χ0n) is 20.6. The van der Waals surface area contributed by atoms with Crippen LogP contribution in [0.15, 0.2) is 40.1 Å². The Bertz CT molecular complexity index is 1230. The summed E-state index contributed by atoms with van der Waals surface area (Å²) in [5.41, 5.74) is 11.1. The van der Waals surface area contributed by atoms with E-state index in [2.05, 4.69) is 22.4 Å². The van der Waals surface area contributed by atoms with Crippen LogP contribution in [0.4, 0.5) is 0 Å². The molecule has 0 saturated carbocycles. The third-order valence-electron chi connectivity index (χ3n) is 5.33. The lowest BCUT2D eigenvalue weighted by Gasteiger charge is -2.13. The number of ether oxygens (including phenoxy) is 1. The third-order valence-corrected chi connectivity index (χ3v) is 6.39. The molecule has 2 heterocycles. The molecule has 0 saturated heterocycles. The van der Waals surface area contributed by atoms with Crippen LogP contribution in [0.3, 0.4) is 0 Å². The van der Waals surface area contributed by atoms with E-state index in [1.54, 1.807) is 13.0 Å². The Hall–Kier alpha value is -3.43. The fourth-order valence-electron chi connectivity index (χ4n) is 3.50. The first kappa shape index (κ1) is 26.2. The second-order valence-corrected chi connectivity index (χ2v) is 8.87. The highest BCUT2D eigenvalue weighted by molar-refractivity contribution is 7.12. The van der Waals surface area contributed by atoms with Crippen LogP contribution >= 0.6 is 11.3 Å². The van der Waals surface area contributed by atoms with Crippen molar-refractivity contribution in [2.24, 2.45) is 5.73 Å². The fraction of sp³-hybridized carbons (Fsp3) is 0.346. The number of aryl methyl sites for hydroxylation is 2. The van der Waals surface area contributed by atoms with Gasteiger partial charge in [-0.05, 0) is 43.3 Å². The fourth-order valence-corrected chi connectivity index (χ4v) is 4.65. The monoisotopic (exact) mass is 496 g/mol. The third kappa shape index (κ3) is 6.37. The minimum absolute atomic E-state index is 0.126. The largest absolute Gasteiger partial charge is 0.489 e. The lowest BCUT2D eigenvalue weighted by Crippen LogP contribution is -2.27. The smallest absolute Gasteiger partial charge is 0.252 e. The molecule has 2 aromatic heterocycles. The van der Waals surface area contributed by atoms with E-state index in [0.29, 0.717) is 28.8 Å². The molecule has 0 radical (unpaired) electrons. The quantitative estimate of drug-likeness (QED) is 0.331. The number of amides is 1. The molecule has 0 aliphatic carbocycles. The van der Waals surface area contributed by atoms with Gasteiger partial charge in [0.1, 0.15) is 12.4 Å². The van der Waals surface area contributed by atoms with E-state index in [1.807, 2.05) is 43.5 Å². The van der Waals surface area contributed by atoms with Crippen LogP contribution in [0, 0.1) is 13.8 Å². The number of aromatic nitrogens is 2. The Labute approximate surface area is 209 Å². The second-order valence-electron chi connectivity index (χ2n) is 7.99. The van der Waals surface area contributed by atoms with Crippen LogP contribution in [0.25, 0.3) is 22.7 Å². The van der Waals surface area contributed by atoms with Crippen molar-refractivity contribution in [3.63, 3.8) is 0 Å². The first-order valence-corrected chi connectivity index (χ1v) is 12.4. The zero-order valence-corrected chi connectivity index (χ0v) is 21.4. The number of hydrogen-bond acceptors (Lipinski definition) is 8. The number of nitrogens with two attached hydrogens (primary N) is 1. The van der Waals surface area contributed by atoms with E-state index in [0.717, 1.165) is 40.0 Å². The van der Waals surface area contributed by atoms with Crippen LogP contribution in [0.5, 0.6) is 5.75 Å². The van der Waals surface area contributed by atoms with E-state index in [4.69, 9.17) is 20.0 Å². The number of hydrogen-bond donors (Lipinski definition) is 3. The number of carbonyl (C=O) groups excluding carboxylic acids is 1. The van der Waals surface area contributed by atoms with Gasteiger partial charge in [-0.2, -0.15) is 0 Å². The van der Waals surface area contributed by atoms with Crippen molar-refractivity contribution >= 4 is 28.5 Å². The van der Waals surface area contributed by atoms with Gasteiger partial charge in [-0.3, -0.25) is 4.79 Å². The van der Waals surface area contributed by atoms with Crippen molar-refractivity contribution in [3.05, 3.63) is 63.2 Å². The highest BCUT2D eigenvalue weighted by Crippen LogP contribution is 2.35. The second kappa shape index (κ2) is 12.3. The average Bonchev–Trinajstić information content (AvgIpc) is 3.47. The van der Waals surface area contributed by atoms with Gasteiger partial charge in [0.15, 0.2) is 0 Å². The summed E-state index contributed by atoms with van der Waals surface area (Å²) in [6.45, 7) is 7.95. The van der Waals surface area contributed by atoms with Crippen molar-refractivity contribution in [1.82, 2.24) is 15.5 Å². The number of benzene rings is 1. The number of unbranched alkanes of at least 4 members (excludes halogenated alkanes) is 1. The molecule has 4 N–H and O–H groups in total. The molecule has 0 atom stereocenters. The molecule has 0 aliphatic heterocycles. The number of allylic oxidation sites excluding steroid dienone is 2. The molecule has 0 aliphatic rings. The minimum Gasteiger partial charge on any atom is -0.489 e. The predicted molar refractivity (Wildman–Crippen MR) is 139 cm³/mol. The van der Waals surface area contributed by atoms with Crippen LogP contribution < -0.4 is 15.8 Å². The van der Waals surface area contributed by atoms with E-state index in [1.165, 1.54) is 11.3 Å². The minimum atomic E-state index is -0.251. The summed E-state index contributed by atoms with van der Waals surface area (Å²) in [7, 11) is 0. The lowest BCUT2D eigenvalue weighted by molar-refractivity contribution is -0.115. The van der Waals surface area contributed by atoms with Crippen molar-refractivity contribution in [1.29, 1.82) is 0 Å². The standard InChI is InChI=1S/C26H32N4O4S/c1-5-7-8-21(27)23-19(15-35-24(23)20(6-2)25(32)28-11-12-31)14-33-22-13-18(10-9-16(22)3)26-30-29-17(4)34-26/h6,8-10,13,15,31H,5,7,11-12,14,27H2,1-4H3,(H,28,32)/b20-6+,21-8-. The molecule has 9 heteroatoms. The topological polar surface area (TPSA) is 124 Å². The van der Waals surface area contributed by atoms with Gasteiger partial charge >= 0.3 is 0 Å². The summed E-state index contributed by atoms with van der Waals surface area (Å²) < 4.78 is 11.8. The Balaban J connectivity index is 1.93. The van der Waals surface area contributed by atoms with Crippen LogP contribution in [0.2, 0.25) is 0 Å². The number of nitrogens with zero attached hydrogens (tertiary/aromatic N) is 2. The number of thiophene rings is 1. The van der Waals surface area contributed by atoms with E-state index in [-0.39, 0.29) is 25.7 Å². The van der Waals surface area contributed by atoms with Crippen LogP contribution in [-0.4, -0.2) is 34.4 Å². The normalized spacial score (nSPS) is 12.1. The summed E-state index contributed by atoms with van der Waals surface area (Å²) >= 11 is 1.45.